The third-order valence-electron chi connectivity index (χ3n) is 4.41. The zero-order chi connectivity index (χ0) is 21.3. The lowest BCUT2D eigenvalue weighted by Gasteiger charge is -2.19. The Morgan fingerprint density at radius 2 is 1.80 bits per heavy atom. The molecule has 0 spiro atoms. The van der Waals surface area contributed by atoms with Gasteiger partial charge in [-0.2, -0.15) is 18.3 Å². The summed E-state index contributed by atoms with van der Waals surface area (Å²) < 4.78 is 52.7. The van der Waals surface area contributed by atoms with Crippen molar-refractivity contribution in [2.75, 3.05) is 13.2 Å². The van der Waals surface area contributed by atoms with Crippen LogP contribution in [0.3, 0.4) is 0 Å². The van der Waals surface area contributed by atoms with Crippen LogP contribution in [0, 0.1) is 0 Å². The molecule has 4 rings (SSSR count). The van der Waals surface area contributed by atoms with Crippen LogP contribution in [0.15, 0.2) is 48.7 Å². The maximum Gasteiger partial charge on any atom is 0.434 e. The third-order valence-corrected chi connectivity index (χ3v) is 4.67. The number of nitrogens with one attached hydrogen (secondary N) is 1. The number of halogens is 4. The number of hydrogen-bond acceptors (Lipinski definition) is 4. The maximum atomic E-state index is 13.7. The van der Waals surface area contributed by atoms with Gasteiger partial charge in [0.25, 0.3) is 5.91 Å². The summed E-state index contributed by atoms with van der Waals surface area (Å²) >= 11 is 5.80. The van der Waals surface area contributed by atoms with Gasteiger partial charge < -0.3 is 14.8 Å². The molecule has 30 heavy (non-hydrogen) atoms. The number of carbonyl (C=O) groups excluding carboxylic acids is 1. The molecule has 3 aromatic rings. The normalized spacial score (nSPS) is 13.2. The molecule has 0 saturated heterocycles. The molecule has 0 bridgehead atoms. The fourth-order valence-corrected chi connectivity index (χ4v) is 3.17. The largest absolute Gasteiger partial charge is 0.486 e. The van der Waals surface area contributed by atoms with Gasteiger partial charge in [0.2, 0.25) is 0 Å². The fourth-order valence-electron chi connectivity index (χ4n) is 3.04. The summed E-state index contributed by atoms with van der Waals surface area (Å²) in [5, 5.41) is 6.64. The Morgan fingerprint density at radius 3 is 2.50 bits per heavy atom. The number of carbonyl (C=O) groups is 1. The van der Waals surface area contributed by atoms with Crippen LogP contribution >= 0.6 is 11.6 Å². The Balaban J connectivity index is 1.57. The fraction of sp³-hybridized carbons (Fsp3) is 0.200. The van der Waals surface area contributed by atoms with Crippen molar-refractivity contribution in [1.29, 1.82) is 0 Å². The third kappa shape index (κ3) is 4.06. The number of rotatable bonds is 4. The van der Waals surface area contributed by atoms with E-state index in [9.17, 15) is 18.0 Å². The predicted molar refractivity (Wildman–Crippen MR) is 102 cm³/mol. The minimum Gasteiger partial charge on any atom is -0.486 e. The summed E-state index contributed by atoms with van der Waals surface area (Å²) in [5.41, 5.74) is -0.941. The van der Waals surface area contributed by atoms with Crippen molar-refractivity contribution in [1.82, 2.24) is 15.1 Å². The predicted octanol–water partition coefficient (Wildman–Crippen LogP) is 4.25. The van der Waals surface area contributed by atoms with Gasteiger partial charge >= 0.3 is 6.18 Å². The van der Waals surface area contributed by atoms with E-state index < -0.39 is 23.3 Å². The van der Waals surface area contributed by atoms with Crippen LogP contribution in [-0.4, -0.2) is 28.9 Å². The van der Waals surface area contributed by atoms with Gasteiger partial charge in [0, 0.05) is 11.6 Å². The van der Waals surface area contributed by atoms with Crippen LogP contribution in [0.1, 0.15) is 21.6 Å². The second kappa shape index (κ2) is 7.91. The van der Waals surface area contributed by atoms with Crippen LogP contribution < -0.4 is 14.8 Å². The van der Waals surface area contributed by atoms with Crippen molar-refractivity contribution in [2.24, 2.45) is 0 Å². The summed E-state index contributed by atoms with van der Waals surface area (Å²) in [6.45, 7) is 0.863. The molecule has 1 aromatic heterocycles. The minimum absolute atomic E-state index is 0.0128. The van der Waals surface area contributed by atoms with E-state index in [2.05, 4.69) is 10.4 Å². The molecule has 0 atom stereocenters. The summed E-state index contributed by atoms with van der Waals surface area (Å²) in [6, 6.07) is 10.7. The summed E-state index contributed by atoms with van der Waals surface area (Å²) in [4.78, 5) is 12.5. The molecule has 0 unspecified atom stereocenters. The Hall–Kier alpha value is -3.20. The highest BCUT2D eigenvalue weighted by Crippen LogP contribution is 2.34. The summed E-state index contributed by atoms with van der Waals surface area (Å²) in [6.07, 6.45) is -3.89. The standard InChI is InChI=1S/C20H15ClF3N3O3/c21-13-2-4-14(5-3-13)27-18(20(22,23)24)15(11-26-27)19(28)25-10-12-1-6-16-17(9-12)30-8-7-29-16/h1-6,9,11H,7-8,10H2,(H,25,28). The molecular weight excluding hydrogens is 423 g/mol. The van der Waals surface area contributed by atoms with Crippen LogP contribution in [0.4, 0.5) is 13.2 Å². The van der Waals surface area contributed by atoms with Gasteiger partial charge in [-0.3, -0.25) is 4.79 Å². The lowest BCUT2D eigenvalue weighted by atomic mass is 10.1. The van der Waals surface area contributed by atoms with E-state index in [0.29, 0.717) is 40.0 Å². The molecule has 2 heterocycles. The number of aromatic nitrogens is 2. The zero-order valence-corrected chi connectivity index (χ0v) is 16.1. The summed E-state index contributed by atoms with van der Waals surface area (Å²) in [7, 11) is 0. The number of ether oxygens (including phenoxy) is 2. The molecule has 10 heteroatoms. The zero-order valence-electron chi connectivity index (χ0n) is 15.4. The van der Waals surface area contributed by atoms with Crippen molar-refractivity contribution in [3.8, 4) is 17.2 Å². The van der Waals surface area contributed by atoms with Gasteiger partial charge in [-0.25, -0.2) is 4.68 Å². The summed E-state index contributed by atoms with van der Waals surface area (Å²) in [5.74, 6) is 0.219. The quantitative estimate of drug-likeness (QED) is 0.663. The van der Waals surface area contributed by atoms with E-state index >= 15 is 0 Å². The van der Waals surface area contributed by atoms with Crippen LogP contribution in [0.5, 0.6) is 11.5 Å². The molecule has 156 valence electrons. The van der Waals surface area contributed by atoms with Crippen LogP contribution in [0.25, 0.3) is 5.69 Å². The second-order valence-corrected chi connectivity index (χ2v) is 6.89. The van der Waals surface area contributed by atoms with Crippen molar-refractivity contribution in [3.63, 3.8) is 0 Å². The number of alkyl halides is 3. The number of amides is 1. The molecule has 1 amide bonds. The van der Waals surface area contributed by atoms with E-state index in [1.165, 1.54) is 24.3 Å². The Morgan fingerprint density at radius 1 is 1.10 bits per heavy atom. The van der Waals surface area contributed by atoms with E-state index in [-0.39, 0.29) is 12.2 Å². The highest BCUT2D eigenvalue weighted by atomic mass is 35.5. The average Bonchev–Trinajstić information content (AvgIpc) is 3.18. The topological polar surface area (TPSA) is 65.4 Å². The molecule has 0 saturated carbocycles. The molecule has 6 nitrogen and oxygen atoms in total. The minimum atomic E-state index is -4.79. The Labute approximate surface area is 174 Å². The second-order valence-electron chi connectivity index (χ2n) is 6.45. The van der Waals surface area contributed by atoms with E-state index in [4.69, 9.17) is 21.1 Å². The molecule has 2 aromatic carbocycles. The molecule has 0 fully saturated rings. The highest BCUT2D eigenvalue weighted by Gasteiger charge is 2.40. The molecule has 0 aliphatic carbocycles. The van der Waals surface area contributed by atoms with Gasteiger partial charge in [0.15, 0.2) is 17.2 Å². The van der Waals surface area contributed by atoms with E-state index in [1.807, 2.05) is 0 Å². The van der Waals surface area contributed by atoms with Gasteiger partial charge in [-0.15, -0.1) is 0 Å². The Kier molecular flexibility index (Phi) is 5.29. The molecule has 1 aliphatic heterocycles. The number of fused-ring (bicyclic) bond motifs is 1. The lowest BCUT2D eigenvalue weighted by molar-refractivity contribution is -0.143. The molecule has 0 radical (unpaired) electrons. The van der Waals surface area contributed by atoms with Crippen molar-refractivity contribution < 1.29 is 27.4 Å². The SMILES string of the molecule is O=C(NCc1ccc2c(c1)OCCO2)c1cnn(-c2ccc(Cl)cc2)c1C(F)(F)F. The lowest BCUT2D eigenvalue weighted by Crippen LogP contribution is -2.26. The molecule has 1 N–H and O–H groups in total. The first-order valence-corrected chi connectivity index (χ1v) is 9.28. The van der Waals surface area contributed by atoms with Crippen molar-refractivity contribution in [2.45, 2.75) is 12.7 Å². The monoisotopic (exact) mass is 437 g/mol. The van der Waals surface area contributed by atoms with Gasteiger partial charge in [0.05, 0.1) is 17.4 Å². The van der Waals surface area contributed by atoms with Gasteiger partial charge in [-0.1, -0.05) is 17.7 Å². The smallest absolute Gasteiger partial charge is 0.434 e. The van der Waals surface area contributed by atoms with Gasteiger partial charge in [0.1, 0.15) is 13.2 Å². The Bertz CT molecular complexity index is 1080. The van der Waals surface area contributed by atoms with Gasteiger partial charge in [-0.05, 0) is 42.0 Å². The molecular formula is C20H15ClF3N3O3. The van der Waals surface area contributed by atoms with Crippen molar-refractivity contribution >= 4 is 17.5 Å². The average molecular weight is 438 g/mol. The number of hydrogen-bond donors (Lipinski definition) is 1. The van der Waals surface area contributed by atoms with Crippen LogP contribution in [0.2, 0.25) is 5.02 Å². The number of nitrogens with zero attached hydrogens (tertiary/aromatic N) is 2. The maximum absolute atomic E-state index is 13.7. The first-order valence-electron chi connectivity index (χ1n) is 8.91. The van der Waals surface area contributed by atoms with Crippen molar-refractivity contribution in [3.05, 3.63) is 70.5 Å². The first kappa shape index (κ1) is 20.1. The van der Waals surface area contributed by atoms with E-state index in [1.54, 1.807) is 18.2 Å². The first-order chi connectivity index (χ1) is 14.3. The van der Waals surface area contributed by atoms with Crippen LogP contribution in [-0.2, 0) is 12.7 Å². The molecule has 1 aliphatic rings. The highest BCUT2D eigenvalue weighted by molar-refractivity contribution is 6.30. The number of benzene rings is 2. The van der Waals surface area contributed by atoms with E-state index in [0.717, 1.165) is 6.20 Å².